The summed E-state index contributed by atoms with van der Waals surface area (Å²) in [5.74, 6) is 0.344. The number of carbonyl (C=O) groups is 2. The molecule has 32 heavy (non-hydrogen) atoms. The van der Waals surface area contributed by atoms with Gasteiger partial charge >= 0.3 is 0 Å². The molecule has 0 radical (unpaired) electrons. The molecule has 2 aliphatic carbocycles. The van der Waals surface area contributed by atoms with E-state index in [2.05, 4.69) is 28.5 Å². The van der Waals surface area contributed by atoms with Crippen LogP contribution in [0.3, 0.4) is 0 Å². The maximum atomic E-state index is 13.4. The average molecular weight is 459 g/mol. The fourth-order valence-electron chi connectivity index (χ4n) is 5.42. The Hall–Kier alpha value is -2.25. The number of ether oxygens (including phenoxy) is 1. The molecule has 172 valence electrons. The van der Waals surface area contributed by atoms with Crippen LogP contribution in [-0.4, -0.2) is 52.2 Å². The smallest absolute Gasteiger partial charge is 0.219 e. The first kappa shape index (κ1) is 22.9. The third-order valence-electron chi connectivity index (χ3n) is 7.21. The van der Waals surface area contributed by atoms with E-state index in [1.807, 2.05) is 0 Å². The first-order valence-corrected chi connectivity index (χ1v) is 11.8. The van der Waals surface area contributed by atoms with Gasteiger partial charge in [-0.05, 0) is 64.6 Å². The number of Topliss-reactive ketones (excluding diaryl/α,β-unsaturated/α-hetero) is 2. The normalized spacial score (nSPS) is 29.2. The number of likely N-dealkylation sites (N-methyl/N-ethyl adjacent to an activating group) is 1. The molecule has 1 aliphatic heterocycles. The molecule has 0 bridgehead atoms. The van der Waals surface area contributed by atoms with Crippen molar-refractivity contribution in [2.75, 3.05) is 13.6 Å². The fraction of sp³-hybridized carbons (Fsp3) is 0.583. The number of carbonyl (C=O) groups excluding carboxylic acids is 2. The highest BCUT2D eigenvalue weighted by molar-refractivity contribution is 6.29. The van der Waals surface area contributed by atoms with Gasteiger partial charge < -0.3 is 10.5 Å². The Bertz CT molecular complexity index is 959. The molecule has 1 saturated heterocycles. The summed E-state index contributed by atoms with van der Waals surface area (Å²) in [6.45, 7) is 4.93. The van der Waals surface area contributed by atoms with Crippen LogP contribution in [0.1, 0.15) is 63.6 Å². The zero-order valence-electron chi connectivity index (χ0n) is 18.6. The molecule has 3 fully saturated rings. The molecule has 7 nitrogen and oxygen atoms in total. The minimum absolute atomic E-state index is 0.0456. The average Bonchev–Trinajstić information content (AvgIpc) is 3.20. The Morgan fingerprint density at radius 1 is 1.28 bits per heavy atom. The highest BCUT2D eigenvalue weighted by Gasteiger charge is 2.49. The summed E-state index contributed by atoms with van der Waals surface area (Å²) in [4.78, 5) is 37.1. The predicted molar refractivity (Wildman–Crippen MR) is 123 cm³/mol. The summed E-state index contributed by atoms with van der Waals surface area (Å²) in [5, 5.41) is 0.183. The van der Waals surface area contributed by atoms with Gasteiger partial charge in [0.1, 0.15) is 17.0 Å². The van der Waals surface area contributed by atoms with Crippen LogP contribution < -0.4 is 10.5 Å². The van der Waals surface area contributed by atoms with Crippen molar-refractivity contribution in [2.24, 2.45) is 11.1 Å². The number of likely N-dealkylation sites (tertiary alicyclic amines) is 1. The summed E-state index contributed by atoms with van der Waals surface area (Å²) >= 11 is 6.27. The first-order chi connectivity index (χ1) is 15.4. The van der Waals surface area contributed by atoms with Crippen LogP contribution >= 0.6 is 11.6 Å². The summed E-state index contributed by atoms with van der Waals surface area (Å²) in [6.07, 6.45) is 8.27. The lowest BCUT2D eigenvalue weighted by Gasteiger charge is -2.38. The van der Waals surface area contributed by atoms with Crippen LogP contribution in [-0.2, 0) is 9.59 Å². The molecule has 1 spiro atoms. The van der Waals surface area contributed by atoms with Crippen molar-refractivity contribution in [3.63, 3.8) is 0 Å². The van der Waals surface area contributed by atoms with E-state index in [0.717, 1.165) is 38.6 Å². The van der Waals surface area contributed by atoms with Gasteiger partial charge in [-0.2, -0.15) is 4.98 Å². The Kier molecular flexibility index (Phi) is 6.67. The van der Waals surface area contributed by atoms with E-state index in [1.165, 1.54) is 0 Å². The van der Waals surface area contributed by atoms with E-state index in [9.17, 15) is 9.59 Å². The van der Waals surface area contributed by atoms with E-state index in [0.29, 0.717) is 37.1 Å². The number of nitrogens with two attached hydrogens (primary N) is 1. The van der Waals surface area contributed by atoms with Crippen molar-refractivity contribution in [2.45, 2.75) is 69.9 Å². The quantitative estimate of drug-likeness (QED) is 0.311. The van der Waals surface area contributed by atoms with E-state index < -0.39 is 5.41 Å². The number of aromatic nitrogens is 2. The molecule has 0 amide bonds. The molecule has 1 aromatic rings. The first-order valence-electron chi connectivity index (χ1n) is 11.5. The molecule has 2 N–H and O–H groups in total. The Morgan fingerprint density at radius 3 is 2.75 bits per heavy atom. The summed E-state index contributed by atoms with van der Waals surface area (Å²) in [6, 6.07) is 1.75. The van der Waals surface area contributed by atoms with Crippen molar-refractivity contribution in [1.29, 1.82) is 0 Å². The van der Waals surface area contributed by atoms with Crippen molar-refractivity contribution < 1.29 is 14.3 Å². The molecular formula is C24H31ClN4O3. The zero-order valence-corrected chi connectivity index (χ0v) is 19.4. The van der Waals surface area contributed by atoms with Crippen LogP contribution in [0.4, 0.5) is 0 Å². The fourth-order valence-corrected chi connectivity index (χ4v) is 5.60. The van der Waals surface area contributed by atoms with Gasteiger partial charge in [-0.25, -0.2) is 4.98 Å². The number of hydrogen-bond acceptors (Lipinski definition) is 7. The van der Waals surface area contributed by atoms with Gasteiger partial charge in [-0.15, -0.1) is 0 Å². The lowest BCUT2D eigenvalue weighted by molar-refractivity contribution is -0.143. The van der Waals surface area contributed by atoms with Crippen LogP contribution in [0.15, 0.2) is 24.3 Å². The van der Waals surface area contributed by atoms with Crippen molar-refractivity contribution in [3.05, 3.63) is 35.3 Å². The maximum Gasteiger partial charge on any atom is 0.219 e. The molecular weight excluding hydrogens is 428 g/mol. The Balaban J connectivity index is 1.63. The lowest BCUT2D eigenvalue weighted by atomic mass is 9.62. The van der Waals surface area contributed by atoms with Crippen LogP contribution in [0.25, 0.3) is 5.70 Å². The minimum atomic E-state index is -0.921. The van der Waals surface area contributed by atoms with Gasteiger partial charge in [0.25, 0.3) is 0 Å². The van der Waals surface area contributed by atoms with Gasteiger partial charge in [0.15, 0.2) is 11.6 Å². The number of allylic oxidation sites excluding steroid dienone is 1. The SMILES string of the molecule is C=C[C@H](Oc1cc(Cl)nc(/C(N)=C2\CCC[C@@]3(CCCCC3=O)C2=O)n1)[C@@H]1CCCN1C. The van der Waals surface area contributed by atoms with Gasteiger partial charge in [0.05, 0.1) is 17.2 Å². The molecule has 0 aromatic carbocycles. The van der Waals surface area contributed by atoms with Crippen molar-refractivity contribution in [3.8, 4) is 5.88 Å². The minimum Gasteiger partial charge on any atom is -0.468 e. The summed E-state index contributed by atoms with van der Waals surface area (Å²) in [5.41, 5.74) is 6.13. The number of hydrogen-bond donors (Lipinski definition) is 1. The Labute approximate surface area is 194 Å². The standard InChI is InChI=1S/C24H31ClN4O3/c1-3-17(16-9-7-13-29(16)2)32-20-14-19(25)27-23(28-20)21(26)15-8-6-12-24(22(15)31)11-5-4-10-18(24)30/h3,14,16-17H,1,4-13,26H2,2H3/b21-15-/t16-,17-,24+/m0/s1. The van der Waals surface area contributed by atoms with Gasteiger partial charge in [-0.1, -0.05) is 24.6 Å². The molecule has 4 rings (SSSR count). The molecule has 2 heterocycles. The predicted octanol–water partition coefficient (Wildman–Crippen LogP) is 3.71. The van der Waals surface area contributed by atoms with Gasteiger partial charge in [0, 0.05) is 18.1 Å². The highest BCUT2D eigenvalue weighted by Crippen LogP contribution is 2.45. The van der Waals surface area contributed by atoms with Crippen LogP contribution in [0, 0.1) is 5.41 Å². The number of halogens is 1. The molecule has 2 saturated carbocycles. The molecule has 3 atom stereocenters. The van der Waals surface area contributed by atoms with E-state index in [4.69, 9.17) is 22.1 Å². The van der Waals surface area contributed by atoms with Gasteiger partial charge in [0.2, 0.25) is 5.88 Å². The second-order valence-electron chi connectivity index (χ2n) is 9.15. The number of nitrogens with zero attached hydrogens (tertiary/aromatic N) is 3. The van der Waals surface area contributed by atoms with Crippen LogP contribution in [0.2, 0.25) is 5.15 Å². The summed E-state index contributed by atoms with van der Waals surface area (Å²) in [7, 11) is 2.06. The number of ketones is 2. The second-order valence-corrected chi connectivity index (χ2v) is 9.54. The van der Waals surface area contributed by atoms with Gasteiger partial charge in [-0.3, -0.25) is 14.5 Å². The Morgan fingerprint density at radius 2 is 2.06 bits per heavy atom. The third kappa shape index (κ3) is 4.20. The lowest BCUT2D eigenvalue weighted by Crippen LogP contribution is -2.45. The highest BCUT2D eigenvalue weighted by atomic mass is 35.5. The molecule has 3 aliphatic rings. The molecule has 1 aromatic heterocycles. The summed E-state index contributed by atoms with van der Waals surface area (Å²) < 4.78 is 6.12. The van der Waals surface area contributed by atoms with Crippen molar-refractivity contribution >= 4 is 28.9 Å². The largest absolute Gasteiger partial charge is 0.468 e. The number of rotatable bonds is 5. The van der Waals surface area contributed by atoms with Crippen LogP contribution in [0.5, 0.6) is 5.88 Å². The zero-order chi connectivity index (χ0) is 22.9. The van der Waals surface area contributed by atoms with Crippen molar-refractivity contribution in [1.82, 2.24) is 14.9 Å². The topological polar surface area (TPSA) is 98.4 Å². The molecule has 8 heteroatoms. The third-order valence-corrected chi connectivity index (χ3v) is 7.41. The van der Waals surface area contributed by atoms with E-state index in [-0.39, 0.29) is 40.4 Å². The second kappa shape index (κ2) is 9.32. The monoisotopic (exact) mass is 458 g/mol. The van der Waals surface area contributed by atoms with E-state index >= 15 is 0 Å². The molecule has 0 unspecified atom stereocenters. The van der Waals surface area contributed by atoms with E-state index in [1.54, 1.807) is 12.1 Å². The maximum absolute atomic E-state index is 13.4.